The molecule has 2 rings (SSSR count). The van der Waals surface area contributed by atoms with E-state index in [4.69, 9.17) is 10.00 Å². The summed E-state index contributed by atoms with van der Waals surface area (Å²) in [7, 11) is 1.58. The summed E-state index contributed by atoms with van der Waals surface area (Å²) in [6.45, 7) is 4.38. The number of hydrogen-bond acceptors (Lipinski definition) is 4. The highest BCUT2D eigenvalue weighted by Crippen LogP contribution is 2.31. The molecule has 1 amide bonds. The standard InChI is InChI=1S/C16H21N3O2/c1-12-6-9-19(10-7-12)13-3-4-14(15(11-13)21-2)18-16(20)5-8-17/h3-4,11-12H,5-7,9-10H2,1-2H3,(H,18,20). The molecule has 1 saturated heterocycles. The van der Waals surface area contributed by atoms with E-state index in [1.165, 1.54) is 12.8 Å². The molecule has 5 heteroatoms. The molecule has 1 aliphatic rings. The molecule has 0 unspecified atom stereocenters. The van der Waals surface area contributed by atoms with Crippen LogP contribution in [-0.2, 0) is 4.79 Å². The molecule has 0 spiro atoms. The van der Waals surface area contributed by atoms with Crippen molar-refractivity contribution < 1.29 is 9.53 Å². The summed E-state index contributed by atoms with van der Waals surface area (Å²) in [5, 5.41) is 11.2. The van der Waals surface area contributed by atoms with Crippen molar-refractivity contribution in [3.8, 4) is 11.8 Å². The molecule has 1 heterocycles. The maximum Gasteiger partial charge on any atom is 0.238 e. The van der Waals surface area contributed by atoms with Gasteiger partial charge in [0.25, 0.3) is 0 Å². The molecule has 1 aromatic rings. The number of carbonyl (C=O) groups is 1. The molecule has 0 radical (unpaired) electrons. The van der Waals surface area contributed by atoms with Crippen molar-refractivity contribution in [2.24, 2.45) is 5.92 Å². The van der Waals surface area contributed by atoms with E-state index < -0.39 is 0 Å². The number of anilines is 2. The molecule has 0 bridgehead atoms. The van der Waals surface area contributed by atoms with Gasteiger partial charge in [0.05, 0.1) is 18.9 Å². The number of nitrogens with zero attached hydrogens (tertiary/aromatic N) is 2. The van der Waals surface area contributed by atoms with Gasteiger partial charge in [0.2, 0.25) is 5.91 Å². The topological polar surface area (TPSA) is 65.4 Å². The largest absolute Gasteiger partial charge is 0.494 e. The zero-order chi connectivity index (χ0) is 15.2. The summed E-state index contributed by atoms with van der Waals surface area (Å²) in [4.78, 5) is 13.8. The third-order valence-corrected chi connectivity index (χ3v) is 3.85. The fraction of sp³-hybridized carbons (Fsp3) is 0.500. The summed E-state index contributed by atoms with van der Waals surface area (Å²) in [5.41, 5.74) is 1.71. The number of benzene rings is 1. The van der Waals surface area contributed by atoms with Crippen LogP contribution in [0.15, 0.2) is 18.2 Å². The van der Waals surface area contributed by atoms with E-state index in [0.717, 1.165) is 24.7 Å². The van der Waals surface area contributed by atoms with Crippen LogP contribution in [0, 0.1) is 17.2 Å². The normalized spacial score (nSPS) is 15.4. The number of methoxy groups -OCH3 is 1. The van der Waals surface area contributed by atoms with Gasteiger partial charge in [0.15, 0.2) is 0 Å². The maximum absolute atomic E-state index is 11.5. The molecule has 0 aliphatic carbocycles. The molecular formula is C16H21N3O2. The van der Waals surface area contributed by atoms with Crippen LogP contribution in [0.4, 0.5) is 11.4 Å². The summed E-state index contributed by atoms with van der Waals surface area (Å²) >= 11 is 0. The van der Waals surface area contributed by atoms with Crippen LogP contribution < -0.4 is 15.0 Å². The van der Waals surface area contributed by atoms with Crippen LogP contribution in [0.25, 0.3) is 0 Å². The highest BCUT2D eigenvalue weighted by atomic mass is 16.5. The van der Waals surface area contributed by atoms with Gasteiger partial charge in [-0.3, -0.25) is 4.79 Å². The molecule has 0 atom stereocenters. The summed E-state index contributed by atoms with van der Waals surface area (Å²) in [5.74, 6) is 1.08. The lowest BCUT2D eigenvalue weighted by Gasteiger charge is -2.32. The van der Waals surface area contributed by atoms with Crippen LogP contribution in [0.5, 0.6) is 5.75 Å². The zero-order valence-corrected chi connectivity index (χ0v) is 12.6. The molecule has 1 aromatic carbocycles. The molecule has 1 aliphatic heterocycles. The van der Waals surface area contributed by atoms with Crippen molar-refractivity contribution in [3.63, 3.8) is 0 Å². The summed E-state index contributed by atoms with van der Waals surface area (Å²) in [6, 6.07) is 7.60. The predicted octanol–water partition coefficient (Wildman–Crippen LogP) is 2.78. The van der Waals surface area contributed by atoms with Gasteiger partial charge in [-0.25, -0.2) is 0 Å². The minimum Gasteiger partial charge on any atom is -0.494 e. The second-order valence-electron chi connectivity index (χ2n) is 5.44. The summed E-state index contributed by atoms with van der Waals surface area (Å²) in [6.07, 6.45) is 2.24. The van der Waals surface area contributed by atoms with Gasteiger partial charge in [-0.15, -0.1) is 0 Å². The molecule has 5 nitrogen and oxygen atoms in total. The third kappa shape index (κ3) is 3.88. The number of carbonyl (C=O) groups excluding carboxylic acids is 1. The maximum atomic E-state index is 11.5. The minimum absolute atomic E-state index is 0.158. The first-order chi connectivity index (χ1) is 10.1. The number of ether oxygens (including phenoxy) is 1. The van der Waals surface area contributed by atoms with Gasteiger partial charge in [-0.2, -0.15) is 5.26 Å². The third-order valence-electron chi connectivity index (χ3n) is 3.85. The van der Waals surface area contributed by atoms with Crippen LogP contribution in [0.3, 0.4) is 0 Å². The SMILES string of the molecule is COc1cc(N2CCC(C)CC2)ccc1NC(=O)CC#N. The van der Waals surface area contributed by atoms with E-state index in [1.807, 2.05) is 24.3 Å². The predicted molar refractivity (Wildman–Crippen MR) is 82.5 cm³/mol. The highest BCUT2D eigenvalue weighted by molar-refractivity contribution is 5.93. The van der Waals surface area contributed by atoms with Crippen LogP contribution in [0.2, 0.25) is 0 Å². The molecule has 1 N–H and O–H groups in total. The molecule has 0 saturated carbocycles. The first-order valence-electron chi connectivity index (χ1n) is 7.24. The van der Waals surface area contributed by atoms with Crippen molar-refractivity contribution in [2.75, 3.05) is 30.4 Å². The molecule has 112 valence electrons. The lowest BCUT2D eigenvalue weighted by Crippen LogP contribution is -2.32. The van der Waals surface area contributed by atoms with Crippen molar-refractivity contribution in [3.05, 3.63) is 18.2 Å². The number of amides is 1. The number of nitriles is 1. The Balaban J connectivity index is 2.12. The summed E-state index contributed by atoms with van der Waals surface area (Å²) < 4.78 is 5.35. The van der Waals surface area contributed by atoms with Gasteiger partial charge in [0.1, 0.15) is 12.2 Å². The van der Waals surface area contributed by atoms with Gasteiger partial charge < -0.3 is 15.0 Å². The quantitative estimate of drug-likeness (QED) is 0.924. The minimum atomic E-state index is -0.324. The second kappa shape index (κ2) is 6.98. The average molecular weight is 287 g/mol. The second-order valence-corrected chi connectivity index (χ2v) is 5.44. The van der Waals surface area contributed by atoms with Crippen LogP contribution in [-0.4, -0.2) is 26.1 Å². The molecule has 0 aromatic heterocycles. The Morgan fingerprint density at radius 1 is 1.48 bits per heavy atom. The van der Waals surface area contributed by atoms with Crippen molar-refractivity contribution >= 4 is 17.3 Å². The fourth-order valence-electron chi connectivity index (χ4n) is 2.51. The Hall–Kier alpha value is -2.22. The first-order valence-corrected chi connectivity index (χ1v) is 7.24. The highest BCUT2D eigenvalue weighted by Gasteiger charge is 2.17. The monoisotopic (exact) mass is 287 g/mol. The van der Waals surface area contributed by atoms with E-state index in [1.54, 1.807) is 7.11 Å². The van der Waals surface area contributed by atoms with Crippen molar-refractivity contribution in [1.82, 2.24) is 0 Å². The van der Waals surface area contributed by atoms with Crippen molar-refractivity contribution in [2.45, 2.75) is 26.2 Å². The Bertz CT molecular complexity index is 543. The van der Waals surface area contributed by atoms with Gasteiger partial charge in [0, 0.05) is 24.8 Å². The number of hydrogen-bond donors (Lipinski definition) is 1. The Labute approximate surface area is 125 Å². The van der Waals surface area contributed by atoms with Gasteiger partial charge in [-0.1, -0.05) is 6.92 Å². The number of piperidine rings is 1. The van der Waals surface area contributed by atoms with E-state index >= 15 is 0 Å². The Kier molecular flexibility index (Phi) is 5.04. The first kappa shape index (κ1) is 15.2. The Morgan fingerprint density at radius 3 is 2.81 bits per heavy atom. The molecule has 1 fully saturated rings. The van der Waals surface area contributed by atoms with Crippen LogP contribution in [0.1, 0.15) is 26.2 Å². The van der Waals surface area contributed by atoms with E-state index in [0.29, 0.717) is 11.4 Å². The van der Waals surface area contributed by atoms with E-state index in [-0.39, 0.29) is 12.3 Å². The smallest absolute Gasteiger partial charge is 0.238 e. The van der Waals surface area contributed by atoms with Crippen molar-refractivity contribution in [1.29, 1.82) is 5.26 Å². The molecular weight excluding hydrogens is 266 g/mol. The lowest BCUT2D eigenvalue weighted by atomic mass is 9.99. The lowest BCUT2D eigenvalue weighted by molar-refractivity contribution is -0.115. The fourth-order valence-corrected chi connectivity index (χ4v) is 2.51. The number of nitrogens with one attached hydrogen (secondary N) is 1. The molecule has 21 heavy (non-hydrogen) atoms. The van der Waals surface area contributed by atoms with Gasteiger partial charge in [-0.05, 0) is 30.9 Å². The number of rotatable bonds is 4. The zero-order valence-electron chi connectivity index (χ0n) is 12.6. The van der Waals surface area contributed by atoms with Crippen LogP contribution >= 0.6 is 0 Å². The average Bonchev–Trinajstić information content (AvgIpc) is 2.49. The Morgan fingerprint density at radius 2 is 2.19 bits per heavy atom. The van der Waals surface area contributed by atoms with E-state index in [2.05, 4.69) is 17.1 Å². The van der Waals surface area contributed by atoms with Gasteiger partial charge >= 0.3 is 0 Å². The van der Waals surface area contributed by atoms with E-state index in [9.17, 15) is 4.79 Å².